The second kappa shape index (κ2) is 8.52. The molecule has 0 spiro atoms. The molecule has 2 aromatic heterocycles. The molecule has 1 aliphatic rings. The fourth-order valence-electron chi connectivity index (χ4n) is 3.49. The number of ketones is 1. The van der Waals surface area contributed by atoms with Gasteiger partial charge in [-0.1, -0.05) is 17.8 Å². The lowest BCUT2D eigenvalue weighted by molar-refractivity contribution is 0.102. The smallest absolute Gasteiger partial charge is 0.232 e. The first-order chi connectivity index (χ1) is 14.3. The fraction of sp³-hybridized carbons (Fsp3) is 0.350. The van der Waals surface area contributed by atoms with Crippen LogP contribution in [0.3, 0.4) is 0 Å². The Morgan fingerprint density at radius 3 is 2.83 bits per heavy atom. The molecule has 0 fully saturated rings. The van der Waals surface area contributed by atoms with Crippen LogP contribution in [-0.2, 0) is 29.9 Å². The van der Waals surface area contributed by atoms with Crippen molar-refractivity contribution in [3.63, 3.8) is 0 Å². The van der Waals surface area contributed by atoms with Gasteiger partial charge in [-0.25, -0.2) is 8.42 Å². The number of thiophene rings is 1. The maximum Gasteiger partial charge on any atom is 0.232 e. The molecular formula is C20H22N4O3S3. The first-order valence-electron chi connectivity index (χ1n) is 9.50. The summed E-state index contributed by atoms with van der Waals surface area (Å²) in [5.74, 6) is 1.10. The van der Waals surface area contributed by atoms with Crippen LogP contribution in [0.4, 0.5) is 5.69 Å². The SMILES string of the molecule is Cn1c(Cc2cccs2)nnc1SCC(=O)c1ccc2c(c1)CCCN2S(C)(=O)=O. The molecule has 0 saturated carbocycles. The summed E-state index contributed by atoms with van der Waals surface area (Å²) >= 11 is 3.04. The predicted molar refractivity (Wildman–Crippen MR) is 120 cm³/mol. The van der Waals surface area contributed by atoms with E-state index in [1.54, 1.807) is 23.5 Å². The summed E-state index contributed by atoms with van der Waals surface area (Å²) in [6.45, 7) is 0.481. The van der Waals surface area contributed by atoms with Gasteiger partial charge in [-0.05, 0) is 48.1 Å². The summed E-state index contributed by atoms with van der Waals surface area (Å²) in [4.78, 5) is 14.0. The monoisotopic (exact) mass is 462 g/mol. The summed E-state index contributed by atoms with van der Waals surface area (Å²) in [5.41, 5.74) is 2.18. The Morgan fingerprint density at radius 2 is 2.10 bits per heavy atom. The molecule has 7 nitrogen and oxygen atoms in total. The van der Waals surface area contributed by atoms with Crippen LogP contribution in [0.15, 0.2) is 40.9 Å². The highest BCUT2D eigenvalue weighted by molar-refractivity contribution is 7.99. The Balaban J connectivity index is 1.44. The quantitative estimate of drug-likeness (QED) is 0.396. The van der Waals surface area contributed by atoms with E-state index >= 15 is 0 Å². The number of carbonyl (C=O) groups is 1. The Morgan fingerprint density at radius 1 is 1.27 bits per heavy atom. The van der Waals surface area contributed by atoms with E-state index in [9.17, 15) is 13.2 Å². The number of rotatable bonds is 7. The molecule has 0 saturated heterocycles. The standard InChI is InChI=1S/C20H22N4O3S3/c1-23-19(12-16-6-4-10-28-16)21-22-20(23)29-13-18(25)15-7-8-17-14(11-15)5-3-9-24(17)30(2,26)27/h4,6-8,10-11H,3,5,9,12-13H2,1-2H3. The highest BCUT2D eigenvalue weighted by Gasteiger charge is 2.24. The highest BCUT2D eigenvalue weighted by atomic mass is 32.2. The molecule has 0 aliphatic carbocycles. The number of anilines is 1. The number of aromatic nitrogens is 3. The van der Waals surface area contributed by atoms with Gasteiger partial charge in [0.2, 0.25) is 10.0 Å². The van der Waals surface area contributed by atoms with Gasteiger partial charge in [0.1, 0.15) is 5.82 Å². The van der Waals surface area contributed by atoms with E-state index in [2.05, 4.69) is 16.3 Å². The van der Waals surface area contributed by atoms with Crippen LogP contribution in [0.25, 0.3) is 0 Å². The Labute approximate surface area is 184 Å². The van der Waals surface area contributed by atoms with Gasteiger partial charge in [0, 0.05) is 30.5 Å². The lowest BCUT2D eigenvalue weighted by atomic mass is 9.99. The van der Waals surface area contributed by atoms with Gasteiger partial charge in [-0.15, -0.1) is 21.5 Å². The molecule has 1 aliphatic heterocycles. The lowest BCUT2D eigenvalue weighted by Gasteiger charge is -2.29. The van der Waals surface area contributed by atoms with E-state index in [1.807, 2.05) is 29.1 Å². The average Bonchev–Trinajstić information content (AvgIpc) is 3.35. The minimum Gasteiger partial charge on any atom is -0.309 e. The van der Waals surface area contributed by atoms with E-state index in [4.69, 9.17) is 0 Å². The van der Waals surface area contributed by atoms with E-state index in [0.29, 0.717) is 23.0 Å². The van der Waals surface area contributed by atoms with Gasteiger partial charge in [0.15, 0.2) is 10.9 Å². The lowest BCUT2D eigenvalue weighted by Crippen LogP contribution is -2.34. The van der Waals surface area contributed by atoms with Gasteiger partial charge in [-0.2, -0.15) is 0 Å². The van der Waals surface area contributed by atoms with Crippen molar-refractivity contribution in [2.45, 2.75) is 24.4 Å². The maximum absolute atomic E-state index is 12.7. The van der Waals surface area contributed by atoms with Gasteiger partial charge in [0.25, 0.3) is 0 Å². The number of Topliss-reactive ketones (excluding diaryl/α,β-unsaturated/α-hetero) is 1. The van der Waals surface area contributed by atoms with Crippen molar-refractivity contribution in [1.82, 2.24) is 14.8 Å². The average molecular weight is 463 g/mol. The van der Waals surface area contributed by atoms with Crippen LogP contribution in [0.2, 0.25) is 0 Å². The van der Waals surface area contributed by atoms with Gasteiger partial charge >= 0.3 is 0 Å². The second-order valence-electron chi connectivity index (χ2n) is 7.21. The molecular weight excluding hydrogens is 440 g/mol. The third-order valence-electron chi connectivity index (χ3n) is 5.05. The van der Waals surface area contributed by atoms with Crippen LogP contribution in [0, 0.1) is 0 Å². The zero-order chi connectivity index (χ0) is 21.3. The minimum absolute atomic E-state index is 0.0120. The van der Waals surface area contributed by atoms with Crippen molar-refractivity contribution in [2.24, 2.45) is 7.05 Å². The third-order valence-corrected chi connectivity index (χ3v) is 8.12. The molecule has 10 heteroatoms. The second-order valence-corrected chi connectivity index (χ2v) is 11.1. The number of carbonyl (C=O) groups excluding carboxylic acids is 1. The normalized spacial score (nSPS) is 14.0. The topological polar surface area (TPSA) is 85.2 Å². The molecule has 0 N–H and O–H groups in total. The molecule has 1 aromatic carbocycles. The van der Waals surface area contributed by atoms with Crippen LogP contribution < -0.4 is 4.31 Å². The van der Waals surface area contributed by atoms with Crippen LogP contribution in [0.1, 0.15) is 33.0 Å². The predicted octanol–water partition coefficient (Wildman–Crippen LogP) is 3.15. The molecule has 3 heterocycles. The summed E-state index contributed by atoms with van der Waals surface area (Å²) < 4.78 is 27.3. The van der Waals surface area contributed by atoms with Crippen molar-refractivity contribution in [3.05, 3.63) is 57.5 Å². The Bertz CT molecular complexity index is 1170. The minimum atomic E-state index is -3.31. The molecule has 158 valence electrons. The molecule has 0 amide bonds. The third kappa shape index (κ3) is 4.45. The number of thioether (sulfide) groups is 1. The summed E-state index contributed by atoms with van der Waals surface area (Å²) in [6.07, 6.45) is 3.45. The van der Waals surface area contributed by atoms with E-state index in [1.165, 1.54) is 27.2 Å². The van der Waals surface area contributed by atoms with Crippen molar-refractivity contribution in [3.8, 4) is 0 Å². The van der Waals surface area contributed by atoms with Crippen LogP contribution >= 0.6 is 23.1 Å². The van der Waals surface area contributed by atoms with E-state index < -0.39 is 10.0 Å². The van der Waals surface area contributed by atoms with Gasteiger partial charge in [0.05, 0.1) is 17.7 Å². The zero-order valence-electron chi connectivity index (χ0n) is 16.7. The fourth-order valence-corrected chi connectivity index (χ4v) is 6.01. The van der Waals surface area contributed by atoms with Gasteiger partial charge < -0.3 is 4.57 Å². The van der Waals surface area contributed by atoms with Crippen LogP contribution in [-0.4, -0.2) is 47.5 Å². The molecule has 4 rings (SSSR count). The maximum atomic E-state index is 12.7. The van der Waals surface area contributed by atoms with Crippen molar-refractivity contribution in [2.75, 3.05) is 22.9 Å². The Hall–Kier alpha value is -2.17. The highest BCUT2D eigenvalue weighted by Crippen LogP contribution is 2.30. The van der Waals surface area contributed by atoms with Crippen molar-refractivity contribution >= 4 is 44.6 Å². The zero-order valence-corrected chi connectivity index (χ0v) is 19.2. The number of nitrogens with zero attached hydrogens (tertiary/aromatic N) is 4. The first-order valence-corrected chi connectivity index (χ1v) is 13.2. The number of sulfonamides is 1. The van der Waals surface area contributed by atoms with E-state index in [-0.39, 0.29) is 11.5 Å². The molecule has 3 aromatic rings. The summed E-state index contributed by atoms with van der Waals surface area (Å²) in [6, 6.07) is 9.36. The Kier molecular flexibility index (Phi) is 5.99. The first kappa shape index (κ1) is 21.1. The largest absolute Gasteiger partial charge is 0.309 e. The number of benzene rings is 1. The number of hydrogen-bond donors (Lipinski definition) is 0. The molecule has 0 radical (unpaired) electrons. The molecule has 30 heavy (non-hydrogen) atoms. The van der Waals surface area contributed by atoms with Crippen molar-refractivity contribution < 1.29 is 13.2 Å². The number of fused-ring (bicyclic) bond motifs is 1. The number of hydrogen-bond acceptors (Lipinski definition) is 7. The summed E-state index contributed by atoms with van der Waals surface area (Å²) in [5, 5.41) is 11.2. The van der Waals surface area contributed by atoms with Gasteiger partial charge in [-0.3, -0.25) is 9.10 Å². The number of aryl methyl sites for hydroxylation is 1. The van der Waals surface area contributed by atoms with Crippen LogP contribution in [0.5, 0.6) is 0 Å². The molecule has 0 unspecified atom stereocenters. The summed E-state index contributed by atoms with van der Waals surface area (Å²) in [7, 11) is -1.40. The molecule has 0 bridgehead atoms. The van der Waals surface area contributed by atoms with Crippen molar-refractivity contribution in [1.29, 1.82) is 0 Å². The van der Waals surface area contributed by atoms with E-state index in [0.717, 1.165) is 30.7 Å². The molecule has 0 atom stereocenters.